The zero-order valence-electron chi connectivity index (χ0n) is 12.5. The standard InChI is InChI=1S/C17H14N4OS/c1-10-6-7-12-11(8-10)16(21-20-12)17(22)18-9-15-19-13-4-2-3-5-14(13)23-15/h2-8H,9H2,1H3,(H,18,22)(H,20,21). The van der Waals surface area contributed by atoms with E-state index >= 15 is 0 Å². The van der Waals surface area contributed by atoms with Gasteiger partial charge in [0.15, 0.2) is 5.69 Å². The number of aromatic amines is 1. The van der Waals surface area contributed by atoms with Crippen LogP contribution >= 0.6 is 11.3 Å². The third-order valence-electron chi connectivity index (χ3n) is 3.67. The highest BCUT2D eigenvalue weighted by molar-refractivity contribution is 7.18. The van der Waals surface area contributed by atoms with Gasteiger partial charge in [0, 0.05) is 5.39 Å². The van der Waals surface area contributed by atoms with Crippen molar-refractivity contribution in [3.05, 3.63) is 58.7 Å². The van der Waals surface area contributed by atoms with Crippen LogP contribution in [0, 0.1) is 6.92 Å². The van der Waals surface area contributed by atoms with Gasteiger partial charge in [-0.2, -0.15) is 5.10 Å². The smallest absolute Gasteiger partial charge is 0.272 e. The molecule has 114 valence electrons. The summed E-state index contributed by atoms with van der Waals surface area (Å²) >= 11 is 1.59. The van der Waals surface area contributed by atoms with Crippen LogP contribution in [0.25, 0.3) is 21.1 Å². The largest absolute Gasteiger partial charge is 0.344 e. The van der Waals surface area contributed by atoms with E-state index < -0.39 is 0 Å². The molecule has 2 heterocycles. The normalized spacial score (nSPS) is 11.2. The van der Waals surface area contributed by atoms with Crippen LogP contribution in [0.1, 0.15) is 21.1 Å². The molecule has 5 nitrogen and oxygen atoms in total. The number of rotatable bonds is 3. The second kappa shape index (κ2) is 5.48. The van der Waals surface area contributed by atoms with Gasteiger partial charge >= 0.3 is 0 Å². The SMILES string of the molecule is Cc1ccc2[nH]nc(C(=O)NCc3nc4ccccc4s3)c2c1. The Morgan fingerprint density at radius 1 is 1.26 bits per heavy atom. The lowest BCUT2D eigenvalue weighted by atomic mass is 10.1. The van der Waals surface area contributed by atoms with Crippen molar-refractivity contribution in [1.29, 1.82) is 0 Å². The number of aryl methyl sites for hydroxylation is 1. The number of aromatic nitrogens is 3. The molecule has 0 aliphatic heterocycles. The Labute approximate surface area is 136 Å². The Morgan fingerprint density at radius 3 is 3.00 bits per heavy atom. The topological polar surface area (TPSA) is 70.7 Å². The fourth-order valence-corrected chi connectivity index (χ4v) is 3.44. The Bertz CT molecular complexity index is 985. The second-order valence-electron chi connectivity index (χ2n) is 5.38. The van der Waals surface area contributed by atoms with Gasteiger partial charge in [0.2, 0.25) is 0 Å². The van der Waals surface area contributed by atoms with Gasteiger partial charge in [-0.3, -0.25) is 9.89 Å². The number of nitrogens with zero attached hydrogens (tertiary/aromatic N) is 2. The molecule has 4 aromatic rings. The highest BCUT2D eigenvalue weighted by Crippen LogP contribution is 2.22. The van der Waals surface area contributed by atoms with Crippen molar-refractivity contribution in [2.24, 2.45) is 0 Å². The molecular weight excluding hydrogens is 308 g/mol. The van der Waals surface area contributed by atoms with Crippen molar-refractivity contribution >= 4 is 38.4 Å². The first kappa shape index (κ1) is 13.9. The third kappa shape index (κ3) is 2.57. The van der Waals surface area contributed by atoms with Crippen LogP contribution in [0.2, 0.25) is 0 Å². The lowest BCUT2D eigenvalue weighted by Crippen LogP contribution is -2.23. The first-order valence-electron chi connectivity index (χ1n) is 7.28. The maximum atomic E-state index is 12.4. The monoisotopic (exact) mass is 322 g/mol. The highest BCUT2D eigenvalue weighted by atomic mass is 32.1. The van der Waals surface area contributed by atoms with E-state index in [9.17, 15) is 4.79 Å². The van der Waals surface area contributed by atoms with Crippen LogP contribution in [-0.2, 0) is 6.54 Å². The average molecular weight is 322 g/mol. The second-order valence-corrected chi connectivity index (χ2v) is 6.49. The molecule has 23 heavy (non-hydrogen) atoms. The Hall–Kier alpha value is -2.73. The minimum atomic E-state index is -0.193. The predicted octanol–water partition coefficient (Wildman–Crippen LogP) is 3.41. The number of thiazole rings is 1. The molecule has 0 radical (unpaired) electrons. The molecule has 0 saturated carbocycles. The van der Waals surface area contributed by atoms with E-state index in [1.165, 1.54) is 0 Å². The lowest BCUT2D eigenvalue weighted by molar-refractivity contribution is 0.0947. The van der Waals surface area contributed by atoms with Gasteiger partial charge in [0.25, 0.3) is 5.91 Å². The maximum absolute atomic E-state index is 12.4. The van der Waals surface area contributed by atoms with Crippen LogP contribution in [0.5, 0.6) is 0 Å². The zero-order chi connectivity index (χ0) is 15.8. The number of para-hydroxylation sites is 1. The van der Waals surface area contributed by atoms with Gasteiger partial charge in [-0.25, -0.2) is 4.98 Å². The zero-order valence-corrected chi connectivity index (χ0v) is 13.3. The van der Waals surface area contributed by atoms with Gasteiger partial charge in [0.05, 0.1) is 22.3 Å². The Kier molecular flexibility index (Phi) is 3.31. The summed E-state index contributed by atoms with van der Waals surface area (Å²) in [6.45, 7) is 2.40. The van der Waals surface area contributed by atoms with E-state index in [4.69, 9.17) is 0 Å². The molecule has 0 aliphatic rings. The van der Waals surface area contributed by atoms with Gasteiger partial charge in [-0.1, -0.05) is 23.8 Å². The van der Waals surface area contributed by atoms with E-state index in [1.54, 1.807) is 11.3 Å². The van der Waals surface area contributed by atoms with E-state index in [2.05, 4.69) is 20.5 Å². The number of hydrogen-bond acceptors (Lipinski definition) is 4. The van der Waals surface area contributed by atoms with Crippen molar-refractivity contribution in [2.75, 3.05) is 0 Å². The number of benzene rings is 2. The summed E-state index contributed by atoms with van der Waals surface area (Å²) < 4.78 is 1.12. The number of carbonyl (C=O) groups excluding carboxylic acids is 1. The molecule has 0 aliphatic carbocycles. The Morgan fingerprint density at radius 2 is 2.13 bits per heavy atom. The van der Waals surface area contributed by atoms with E-state index in [0.29, 0.717) is 12.2 Å². The van der Waals surface area contributed by atoms with Gasteiger partial charge in [-0.05, 0) is 31.2 Å². The minimum Gasteiger partial charge on any atom is -0.344 e. The Balaban J connectivity index is 1.56. The van der Waals surface area contributed by atoms with Gasteiger partial charge < -0.3 is 5.32 Å². The summed E-state index contributed by atoms with van der Waals surface area (Å²) in [5.74, 6) is -0.193. The number of H-pyrrole nitrogens is 1. The quantitative estimate of drug-likeness (QED) is 0.607. The molecule has 2 N–H and O–H groups in total. The van der Waals surface area contributed by atoms with Crippen molar-refractivity contribution in [2.45, 2.75) is 13.5 Å². The molecule has 4 rings (SSSR count). The molecule has 0 saturated heterocycles. The van der Waals surface area contributed by atoms with Crippen molar-refractivity contribution in [3.63, 3.8) is 0 Å². The number of nitrogens with one attached hydrogen (secondary N) is 2. The van der Waals surface area contributed by atoms with Crippen molar-refractivity contribution in [1.82, 2.24) is 20.5 Å². The first-order chi connectivity index (χ1) is 11.2. The molecule has 6 heteroatoms. The molecular formula is C17H14N4OS. The highest BCUT2D eigenvalue weighted by Gasteiger charge is 2.14. The summed E-state index contributed by atoms with van der Waals surface area (Å²) in [5, 5.41) is 11.7. The first-order valence-corrected chi connectivity index (χ1v) is 8.10. The fraction of sp³-hybridized carbons (Fsp3) is 0.118. The molecule has 2 aromatic carbocycles. The van der Waals surface area contributed by atoms with Crippen molar-refractivity contribution < 1.29 is 4.79 Å². The molecule has 0 bridgehead atoms. The molecule has 0 spiro atoms. The van der Waals surface area contributed by atoms with Crippen LogP contribution in [0.15, 0.2) is 42.5 Å². The number of fused-ring (bicyclic) bond motifs is 2. The molecule has 1 amide bonds. The van der Waals surface area contributed by atoms with Crippen molar-refractivity contribution in [3.8, 4) is 0 Å². The minimum absolute atomic E-state index is 0.193. The number of carbonyl (C=O) groups is 1. The number of hydrogen-bond donors (Lipinski definition) is 2. The van der Waals surface area contributed by atoms with Crippen LogP contribution in [-0.4, -0.2) is 21.1 Å². The molecule has 0 fully saturated rings. The average Bonchev–Trinajstić information content (AvgIpc) is 3.15. The third-order valence-corrected chi connectivity index (χ3v) is 4.71. The van der Waals surface area contributed by atoms with Gasteiger partial charge in [-0.15, -0.1) is 11.3 Å². The summed E-state index contributed by atoms with van der Waals surface area (Å²) in [6, 6.07) is 13.8. The fourth-order valence-electron chi connectivity index (χ4n) is 2.54. The lowest BCUT2D eigenvalue weighted by Gasteiger charge is -2.01. The van der Waals surface area contributed by atoms with Crippen LogP contribution in [0.3, 0.4) is 0 Å². The van der Waals surface area contributed by atoms with Crippen LogP contribution < -0.4 is 5.32 Å². The number of amides is 1. The van der Waals surface area contributed by atoms with Gasteiger partial charge in [0.1, 0.15) is 5.01 Å². The predicted molar refractivity (Wildman–Crippen MR) is 91.6 cm³/mol. The van der Waals surface area contributed by atoms with E-state index in [-0.39, 0.29) is 5.91 Å². The van der Waals surface area contributed by atoms with E-state index in [1.807, 2.05) is 49.4 Å². The molecule has 0 unspecified atom stereocenters. The summed E-state index contributed by atoms with van der Waals surface area (Å²) in [5.41, 5.74) is 3.34. The maximum Gasteiger partial charge on any atom is 0.272 e. The molecule has 0 atom stereocenters. The summed E-state index contributed by atoms with van der Waals surface area (Å²) in [7, 11) is 0. The van der Waals surface area contributed by atoms with Crippen LogP contribution in [0.4, 0.5) is 0 Å². The summed E-state index contributed by atoms with van der Waals surface area (Å²) in [6.07, 6.45) is 0. The van der Waals surface area contributed by atoms with E-state index in [0.717, 1.165) is 31.7 Å². The molecule has 2 aromatic heterocycles. The summed E-state index contributed by atoms with van der Waals surface area (Å²) in [4.78, 5) is 16.9.